The van der Waals surface area contributed by atoms with E-state index in [1.165, 1.54) is 0 Å². The summed E-state index contributed by atoms with van der Waals surface area (Å²) in [6.07, 6.45) is 1.67. The number of anilines is 2. The van der Waals surface area contributed by atoms with Crippen LogP contribution < -0.4 is 29.6 Å². The summed E-state index contributed by atoms with van der Waals surface area (Å²) in [6, 6.07) is 11.2. The van der Waals surface area contributed by atoms with E-state index >= 15 is 0 Å². The Balaban J connectivity index is 1.58. The van der Waals surface area contributed by atoms with E-state index in [1.807, 2.05) is 36.4 Å². The molecule has 2 N–H and O–H groups in total. The lowest BCUT2D eigenvalue weighted by Gasteiger charge is -2.14. The van der Waals surface area contributed by atoms with Crippen LogP contribution in [0, 0.1) is 0 Å². The van der Waals surface area contributed by atoms with Gasteiger partial charge >= 0.3 is 0 Å². The Kier molecular flexibility index (Phi) is 8.88. The maximum absolute atomic E-state index is 6.27. The van der Waals surface area contributed by atoms with Gasteiger partial charge in [0.1, 0.15) is 17.6 Å². The lowest BCUT2D eigenvalue weighted by atomic mass is 10.2. The number of hydrogen-bond donors (Lipinski definition) is 2. The van der Waals surface area contributed by atoms with Gasteiger partial charge in [0.25, 0.3) is 0 Å². The number of ether oxygens (including phenoxy) is 4. The highest BCUT2D eigenvalue weighted by Gasteiger charge is 2.16. The Labute approximate surface area is 229 Å². The molecule has 0 radical (unpaired) electrons. The molecule has 0 unspecified atom stereocenters. The predicted molar refractivity (Wildman–Crippen MR) is 148 cm³/mol. The monoisotopic (exact) mass is 556 g/mol. The smallest absolute Gasteiger partial charge is 0.225 e. The number of methoxy groups -OCH3 is 3. The second-order valence-electron chi connectivity index (χ2n) is 7.86. The third-order valence-corrected chi connectivity index (χ3v) is 5.78. The molecule has 4 aromatic rings. The van der Waals surface area contributed by atoms with Crippen molar-refractivity contribution in [2.75, 3.05) is 38.6 Å². The summed E-state index contributed by atoms with van der Waals surface area (Å²) in [7, 11) is 4.76. The van der Waals surface area contributed by atoms with E-state index in [1.54, 1.807) is 27.4 Å². The topological polar surface area (TPSA) is 113 Å². The van der Waals surface area contributed by atoms with Crippen molar-refractivity contribution in [2.45, 2.75) is 13.1 Å². The van der Waals surface area contributed by atoms with Gasteiger partial charge in [0.2, 0.25) is 10.6 Å². The number of nitrogens with one attached hydrogen (secondary N) is 2. The van der Waals surface area contributed by atoms with E-state index < -0.39 is 0 Å². The van der Waals surface area contributed by atoms with Gasteiger partial charge in [-0.25, -0.2) is 9.97 Å². The minimum Gasteiger partial charge on any atom is -0.493 e. The number of fused-ring (bicyclic) bond motifs is 1. The van der Waals surface area contributed by atoms with Gasteiger partial charge in [0, 0.05) is 13.1 Å². The molecule has 2 aromatic carbocycles. The Bertz CT molecular complexity index is 1450. The van der Waals surface area contributed by atoms with Crippen LogP contribution in [-0.2, 0) is 13.1 Å². The first-order valence-electron chi connectivity index (χ1n) is 11.5. The summed E-state index contributed by atoms with van der Waals surface area (Å²) in [6.45, 7) is 4.85. The molecule has 0 amide bonds. The van der Waals surface area contributed by atoms with E-state index in [9.17, 15) is 0 Å². The normalized spacial score (nSPS) is 10.7. The number of hydrogen-bond acceptors (Lipinski definition) is 10. The highest BCUT2D eigenvalue weighted by Crippen LogP contribution is 2.31. The molecule has 38 heavy (non-hydrogen) atoms. The summed E-state index contributed by atoms with van der Waals surface area (Å²) < 4.78 is 21.8. The number of nitrogens with zero attached hydrogens (tertiary/aromatic N) is 4. The van der Waals surface area contributed by atoms with Crippen molar-refractivity contribution in [1.29, 1.82) is 0 Å². The number of halogens is 2. The fourth-order valence-electron chi connectivity index (χ4n) is 3.66. The third-order valence-electron chi connectivity index (χ3n) is 5.44. The van der Waals surface area contributed by atoms with Gasteiger partial charge in [-0.15, -0.1) is 0 Å². The van der Waals surface area contributed by atoms with Crippen LogP contribution in [-0.4, -0.2) is 47.9 Å². The van der Waals surface area contributed by atoms with Crippen LogP contribution in [0.5, 0.6) is 23.0 Å². The highest BCUT2D eigenvalue weighted by atomic mass is 35.5. The zero-order chi connectivity index (χ0) is 27.1. The largest absolute Gasteiger partial charge is 0.493 e. The van der Waals surface area contributed by atoms with Crippen LogP contribution in [0.2, 0.25) is 10.6 Å². The Morgan fingerprint density at radius 3 is 1.66 bits per heavy atom. The van der Waals surface area contributed by atoms with Crippen molar-refractivity contribution in [3.8, 4) is 23.0 Å². The maximum atomic E-state index is 6.27. The van der Waals surface area contributed by atoms with Crippen molar-refractivity contribution in [3.05, 3.63) is 70.7 Å². The highest BCUT2D eigenvalue weighted by molar-refractivity contribution is 6.30. The standard InChI is InChI=1S/C26H26Cl2N6O4/c1-5-10-38-18-9-7-16(12-20(18)37-4)14-30-24-22-21(31-26(28)34-24)23(33-25(27)32-22)29-13-15-6-8-17(35-2)19(11-15)36-3/h5-9,11-12H,1,10,13-14H2,2-4H3,(H,29,32,33)(H,30,31,34). The molecule has 0 fully saturated rings. The van der Waals surface area contributed by atoms with Gasteiger partial charge in [0.05, 0.1) is 21.3 Å². The van der Waals surface area contributed by atoms with Crippen LogP contribution in [0.25, 0.3) is 11.0 Å². The number of rotatable bonds is 12. The minimum absolute atomic E-state index is 0.0332. The maximum Gasteiger partial charge on any atom is 0.225 e. The number of aromatic nitrogens is 4. The summed E-state index contributed by atoms with van der Waals surface area (Å²) in [5.41, 5.74) is 2.69. The van der Waals surface area contributed by atoms with E-state index in [2.05, 4.69) is 37.1 Å². The Morgan fingerprint density at radius 2 is 1.18 bits per heavy atom. The van der Waals surface area contributed by atoms with Crippen molar-refractivity contribution in [2.24, 2.45) is 0 Å². The lowest BCUT2D eigenvalue weighted by Crippen LogP contribution is -2.08. The molecule has 10 nitrogen and oxygen atoms in total. The second-order valence-corrected chi connectivity index (χ2v) is 8.54. The van der Waals surface area contributed by atoms with Crippen molar-refractivity contribution in [1.82, 2.24) is 19.9 Å². The molecule has 0 atom stereocenters. The number of benzene rings is 2. The third kappa shape index (κ3) is 6.27. The molecule has 12 heteroatoms. The first-order chi connectivity index (χ1) is 18.4. The van der Waals surface area contributed by atoms with Crippen LogP contribution >= 0.6 is 23.2 Å². The summed E-state index contributed by atoms with van der Waals surface area (Å²) in [4.78, 5) is 17.4. The molecule has 198 valence electrons. The van der Waals surface area contributed by atoms with Gasteiger partial charge in [-0.3, -0.25) is 0 Å². The Morgan fingerprint density at radius 1 is 0.711 bits per heavy atom. The van der Waals surface area contributed by atoms with Gasteiger partial charge in [-0.05, 0) is 58.6 Å². The fraction of sp³-hybridized carbons (Fsp3) is 0.231. The van der Waals surface area contributed by atoms with E-state index in [-0.39, 0.29) is 10.6 Å². The van der Waals surface area contributed by atoms with Crippen LogP contribution in [0.4, 0.5) is 11.6 Å². The molecule has 0 spiro atoms. The molecule has 4 rings (SSSR count). The summed E-state index contributed by atoms with van der Waals surface area (Å²) in [5.74, 6) is 3.29. The average molecular weight is 557 g/mol. The molecular weight excluding hydrogens is 531 g/mol. The Hall–Kier alpha value is -4.02. The van der Waals surface area contributed by atoms with Crippen molar-refractivity contribution >= 4 is 45.9 Å². The first-order valence-corrected chi connectivity index (χ1v) is 12.2. The molecule has 0 aliphatic carbocycles. The van der Waals surface area contributed by atoms with Gasteiger partial charge in [-0.1, -0.05) is 24.8 Å². The first kappa shape index (κ1) is 27.0. The molecule has 2 aromatic heterocycles. The fourth-order valence-corrected chi connectivity index (χ4v) is 4.00. The predicted octanol–water partition coefficient (Wildman–Crippen LogP) is 5.54. The lowest BCUT2D eigenvalue weighted by molar-refractivity contribution is 0.326. The van der Waals surface area contributed by atoms with Crippen LogP contribution in [0.1, 0.15) is 11.1 Å². The van der Waals surface area contributed by atoms with Gasteiger partial charge in [-0.2, -0.15) is 9.97 Å². The van der Waals surface area contributed by atoms with Crippen LogP contribution in [0.3, 0.4) is 0 Å². The molecule has 0 saturated carbocycles. The van der Waals surface area contributed by atoms with Crippen molar-refractivity contribution in [3.63, 3.8) is 0 Å². The molecule has 0 aliphatic rings. The summed E-state index contributed by atoms with van der Waals surface area (Å²) in [5, 5.41) is 6.58. The van der Waals surface area contributed by atoms with Gasteiger partial charge in [0.15, 0.2) is 34.6 Å². The van der Waals surface area contributed by atoms with Crippen LogP contribution in [0.15, 0.2) is 49.1 Å². The zero-order valence-corrected chi connectivity index (χ0v) is 22.6. The molecule has 0 aliphatic heterocycles. The van der Waals surface area contributed by atoms with E-state index in [0.29, 0.717) is 65.4 Å². The van der Waals surface area contributed by atoms with Gasteiger partial charge < -0.3 is 29.6 Å². The quantitative estimate of drug-likeness (QED) is 0.170. The molecule has 0 bridgehead atoms. The SMILES string of the molecule is C=CCOc1ccc(CNc2nc(Cl)nc3c(NCc4ccc(OC)c(OC)c4)nc(Cl)nc23)cc1OC. The molecule has 0 saturated heterocycles. The average Bonchev–Trinajstić information content (AvgIpc) is 2.93. The minimum atomic E-state index is 0.0332. The van der Waals surface area contributed by atoms with E-state index in [4.69, 9.17) is 42.1 Å². The van der Waals surface area contributed by atoms with E-state index in [0.717, 1.165) is 11.1 Å². The molecule has 2 heterocycles. The summed E-state index contributed by atoms with van der Waals surface area (Å²) >= 11 is 12.5. The van der Waals surface area contributed by atoms with Crippen molar-refractivity contribution < 1.29 is 18.9 Å². The second kappa shape index (κ2) is 12.5. The molecular formula is C26H26Cl2N6O4. The zero-order valence-electron chi connectivity index (χ0n) is 21.0.